The number of amides is 1. The van der Waals surface area contributed by atoms with Gasteiger partial charge in [0.2, 0.25) is 5.91 Å². The standard InChI is InChI=1S/C16H23N3O2/c1-5-15-19-12-10-11(6-7-13(12)21-15)18-14(20)8-9-17-16(2,3)4/h6-7,10,17H,5,8-9H2,1-4H3,(H,18,20). The molecule has 0 spiro atoms. The first kappa shape index (κ1) is 15.5. The maximum atomic E-state index is 11.9. The predicted molar refractivity (Wildman–Crippen MR) is 84.4 cm³/mol. The normalized spacial score (nSPS) is 11.8. The van der Waals surface area contributed by atoms with Gasteiger partial charge in [0.25, 0.3) is 0 Å². The predicted octanol–water partition coefficient (Wildman–Crippen LogP) is 3.11. The Hall–Kier alpha value is -1.88. The number of fused-ring (bicyclic) bond motifs is 1. The monoisotopic (exact) mass is 289 g/mol. The molecular weight excluding hydrogens is 266 g/mol. The molecule has 0 saturated heterocycles. The van der Waals surface area contributed by atoms with Crippen LogP contribution in [0.5, 0.6) is 0 Å². The summed E-state index contributed by atoms with van der Waals surface area (Å²) in [5.41, 5.74) is 2.30. The second kappa shape index (κ2) is 6.26. The molecule has 0 aliphatic heterocycles. The van der Waals surface area contributed by atoms with E-state index in [0.29, 0.717) is 18.9 Å². The second-order valence-corrected chi connectivity index (χ2v) is 6.12. The molecule has 0 bridgehead atoms. The number of oxazole rings is 1. The fourth-order valence-electron chi connectivity index (χ4n) is 1.98. The van der Waals surface area contributed by atoms with Crippen molar-refractivity contribution in [3.05, 3.63) is 24.1 Å². The Balaban J connectivity index is 1.94. The number of nitrogens with one attached hydrogen (secondary N) is 2. The Labute approximate surface area is 125 Å². The average Bonchev–Trinajstić information content (AvgIpc) is 2.79. The van der Waals surface area contributed by atoms with Crippen LogP contribution in [-0.2, 0) is 11.2 Å². The van der Waals surface area contributed by atoms with Crippen LogP contribution < -0.4 is 10.6 Å². The van der Waals surface area contributed by atoms with Crippen LogP contribution in [0.25, 0.3) is 11.1 Å². The number of nitrogens with zero attached hydrogens (tertiary/aromatic N) is 1. The van der Waals surface area contributed by atoms with Gasteiger partial charge in [-0.2, -0.15) is 0 Å². The van der Waals surface area contributed by atoms with E-state index in [1.165, 1.54) is 0 Å². The van der Waals surface area contributed by atoms with Gasteiger partial charge in [0.15, 0.2) is 11.5 Å². The van der Waals surface area contributed by atoms with Crippen LogP contribution in [-0.4, -0.2) is 23.0 Å². The lowest BCUT2D eigenvalue weighted by molar-refractivity contribution is -0.116. The first-order chi connectivity index (χ1) is 9.87. The third-order valence-corrected chi connectivity index (χ3v) is 3.03. The summed E-state index contributed by atoms with van der Waals surface area (Å²) in [6.07, 6.45) is 1.20. The highest BCUT2D eigenvalue weighted by atomic mass is 16.3. The van der Waals surface area contributed by atoms with E-state index in [0.717, 1.165) is 23.2 Å². The van der Waals surface area contributed by atoms with Gasteiger partial charge < -0.3 is 15.1 Å². The van der Waals surface area contributed by atoms with Gasteiger partial charge in [0, 0.05) is 30.6 Å². The van der Waals surface area contributed by atoms with Gasteiger partial charge in [0.1, 0.15) is 5.52 Å². The average molecular weight is 289 g/mol. The molecule has 2 N–H and O–H groups in total. The summed E-state index contributed by atoms with van der Waals surface area (Å²) < 4.78 is 5.55. The SMILES string of the molecule is CCc1nc2cc(NC(=O)CCNC(C)(C)C)ccc2o1. The summed E-state index contributed by atoms with van der Waals surface area (Å²) >= 11 is 0. The van der Waals surface area contributed by atoms with Gasteiger partial charge in [-0.1, -0.05) is 6.92 Å². The molecule has 0 aliphatic carbocycles. The van der Waals surface area contributed by atoms with Gasteiger partial charge in [-0.15, -0.1) is 0 Å². The fraction of sp³-hybridized carbons (Fsp3) is 0.500. The van der Waals surface area contributed by atoms with E-state index in [2.05, 4.69) is 36.4 Å². The smallest absolute Gasteiger partial charge is 0.225 e. The van der Waals surface area contributed by atoms with Crippen molar-refractivity contribution in [3.63, 3.8) is 0 Å². The van der Waals surface area contributed by atoms with Crippen LogP contribution in [0, 0.1) is 0 Å². The molecule has 5 nitrogen and oxygen atoms in total. The number of hydrogen-bond donors (Lipinski definition) is 2. The lowest BCUT2D eigenvalue weighted by Crippen LogP contribution is -2.37. The minimum Gasteiger partial charge on any atom is -0.441 e. The number of aromatic nitrogens is 1. The maximum absolute atomic E-state index is 11.9. The molecule has 1 amide bonds. The van der Waals surface area contributed by atoms with E-state index in [9.17, 15) is 4.79 Å². The van der Waals surface area contributed by atoms with Crippen LogP contribution in [0.4, 0.5) is 5.69 Å². The third kappa shape index (κ3) is 4.56. The summed E-state index contributed by atoms with van der Waals surface area (Å²) in [6.45, 7) is 8.88. The van der Waals surface area contributed by atoms with Gasteiger partial charge in [0.05, 0.1) is 0 Å². The number of hydrogen-bond acceptors (Lipinski definition) is 4. The van der Waals surface area contributed by atoms with E-state index in [-0.39, 0.29) is 11.4 Å². The van der Waals surface area contributed by atoms with E-state index in [4.69, 9.17) is 4.42 Å². The van der Waals surface area contributed by atoms with Crippen molar-refractivity contribution in [2.24, 2.45) is 0 Å². The first-order valence-corrected chi connectivity index (χ1v) is 7.32. The highest BCUT2D eigenvalue weighted by molar-refractivity contribution is 5.92. The molecule has 5 heteroatoms. The van der Waals surface area contributed by atoms with Crippen molar-refractivity contribution in [2.45, 2.75) is 46.1 Å². The van der Waals surface area contributed by atoms with E-state index in [1.807, 2.05) is 25.1 Å². The van der Waals surface area contributed by atoms with Crippen LogP contribution >= 0.6 is 0 Å². The Morgan fingerprint density at radius 2 is 2.10 bits per heavy atom. The molecule has 114 valence electrons. The highest BCUT2D eigenvalue weighted by Crippen LogP contribution is 2.20. The maximum Gasteiger partial charge on any atom is 0.225 e. The Kier molecular flexibility index (Phi) is 4.63. The molecule has 0 radical (unpaired) electrons. The summed E-state index contributed by atoms with van der Waals surface area (Å²) in [6, 6.07) is 5.51. The molecule has 1 aromatic carbocycles. The zero-order valence-corrected chi connectivity index (χ0v) is 13.1. The third-order valence-electron chi connectivity index (χ3n) is 3.03. The van der Waals surface area contributed by atoms with E-state index in [1.54, 1.807) is 0 Å². The zero-order chi connectivity index (χ0) is 15.5. The molecule has 21 heavy (non-hydrogen) atoms. The van der Waals surface area contributed by atoms with E-state index >= 15 is 0 Å². The molecule has 0 aliphatic rings. The van der Waals surface area contributed by atoms with Crippen LogP contribution in [0.15, 0.2) is 22.6 Å². The lowest BCUT2D eigenvalue weighted by Gasteiger charge is -2.20. The number of aryl methyl sites for hydroxylation is 1. The number of carbonyl (C=O) groups is 1. The van der Waals surface area contributed by atoms with Gasteiger partial charge >= 0.3 is 0 Å². The second-order valence-electron chi connectivity index (χ2n) is 6.12. The van der Waals surface area contributed by atoms with Crippen molar-refractivity contribution >= 4 is 22.7 Å². The molecule has 2 rings (SSSR count). The minimum absolute atomic E-state index is 0.00897. The number of anilines is 1. The van der Waals surface area contributed by atoms with Gasteiger partial charge in [-0.3, -0.25) is 4.79 Å². The molecule has 0 atom stereocenters. The number of benzene rings is 1. The van der Waals surface area contributed by atoms with Crippen LogP contribution in [0.2, 0.25) is 0 Å². The first-order valence-electron chi connectivity index (χ1n) is 7.32. The van der Waals surface area contributed by atoms with Crippen molar-refractivity contribution < 1.29 is 9.21 Å². The van der Waals surface area contributed by atoms with Crippen molar-refractivity contribution in [2.75, 3.05) is 11.9 Å². The molecule has 1 aromatic heterocycles. The lowest BCUT2D eigenvalue weighted by atomic mass is 10.1. The van der Waals surface area contributed by atoms with Crippen molar-refractivity contribution in [1.82, 2.24) is 10.3 Å². The summed E-state index contributed by atoms with van der Waals surface area (Å²) in [5.74, 6) is 0.702. The molecule has 0 fully saturated rings. The van der Waals surface area contributed by atoms with Crippen molar-refractivity contribution in [1.29, 1.82) is 0 Å². The number of carbonyl (C=O) groups excluding carboxylic acids is 1. The summed E-state index contributed by atoms with van der Waals surface area (Å²) in [5, 5.41) is 6.18. The highest BCUT2D eigenvalue weighted by Gasteiger charge is 2.10. The Bertz CT molecular complexity index is 626. The molecule has 0 saturated carbocycles. The van der Waals surface area contributed by atoms with Crippen molar-refractivity contribution in [3.8, 4) is 0 Å². The molecule has 1 heterocycles. The van der Waals surface area contributed by atoms with Crippen LogP contribution in [0.1, 0.15) is 40.0 Å². The minimum atomic E-state index is -0.00897. The molecule has 2 aromatic rings. The van der Waals surface area contributed by atoms with Gasteiger partial charge in [-0.05, 0) is 39.0 Å². The molecule has 0 unspecified atom stereocenters. The topological polar surface area (TPSA) is 67.2 Å². The fourth-order valence-corrected chi connectivity index (χ4v) is 1.98. The Morgan fingerprint density at radius 3 is 2.76 bits per heavy atom. The summed E-state index contributed by atoms with van der Waals surface area (Å²) in [4.78, 5) is 16.3. The Morgan fingerprint density at radius 1 is 1.33 bits per heavy atom. The van der Waals surface area contributed by atoms with E-state index < -0.39 is 0 Å². The molecular formula is C16H23N3O2. The van der Waals surface area contributed by atoms with Gasteiger partial charge in [-0.25, -0.2) is 4.98 Å². The largest absolute Gasteiger partial charge is 0.441 e. The number of rotatable bonds is 5. The quantitative estimate of drug-likeness (QED) is 0.887. The summed E-state index contributed by atoms with van der Waals surface area (Å²) in [7, 11) is 0. The van der Waals surface area contributed by atoms with Crippen LogP contribution in [0.3, 0.4) is 0 Å². The zero-order valence-electron chi connectivity index (χ0n) is 13.1.